The van der Waals surface area contributed by atoms with E-state index in [9.17, 15) is 0 Å². The van der Waals surface area contributed by atoms with E-state index in [1.54, 1.807) is 0 Å². The highest BCUT2D eigenvalue weighted by Crippen LogP contribution is 2.22. The van der Waals surface area contributed by atoms with Gasteiger partial charge in [0.15, 0.2) is 0 Å². The van der Waals surface area contributed by atoms with Gasteiger partial charge in [-0.15, -0.1) is 0 Å². The second-order valence-electron chi connectivity index (χ2n) is 3.04. The Hall–Kier alpha value is -1.90. The van der Waals surface area contributed by atoms with Crippen LogP contribution in [-0.2, 0) is 6.54 Å². The van der Waals surface area contributed by atoms with Crippen LogP contribution < -0.4 is 5.73 Å². The van der Waals surface area contributed by atoms with Crippen LogP contribution in [0.1, 0.15) is 18.1 Å². The molecular weight excluding hydrogens is 186 g/mol. The van der Waals surface area contributed by atoms with Crippen molar-refractivity contribution in [3.05, 3.63) is 35.4 Å². The first-order chi connectivity index (χ1) is 7.31. The number of benzene rings is 1. The molecule has 0 spiro atoms. The molecular formula is C12H15N3. The normalized spacial score (nSPS) is 11.3. The fraction of sp³-hybridized carbons (Fsp3) is 0.167. The van der Waals surface area contributed by atoms with E-state index in [2.05, 4.69) is 16.7 Å². The molecule has 0 saturated carbocycles. The Bertz CT molecular complexity index is 392. The monoisotopic (exact) mass is 201 g/mol. The fourth-order valence-electron chi connectivity index (χ4n) is 1.32. The number of hydrogen-bond acceptors (Lipinski definition) is 2. The molecule has 0 atom stereocenters. The second kappa shape index (κ2) is 5.75. The molecule has 0 aliphatic carbocycles. The SMILES string of the molecule is C=Nc1ccc(CN=CN)cc1/C=C\C. The molecule has 0 unspecified atom stereocenters. The molecule has 0 fully saturated rings. The quantitative estimate of drug-likeness (QED) is 0.590. The van der Waals surface area contributed by atoms with Crippen molar-refractivity contribution in [1.29, 1.82) is 0 Å². The molecule has 1 aromatic rings. The highest BCUT2D eigenvalue weighted by atomic mass is 14.8. The molecule has 0 amide bonds. The maximum Gasteiger partial charge on any atom is 0.0801 e. The molecule has 0 bridgehead atoms. The average molecular weight is 201 g/mol. The van der Waals surface area contributed by atoms with Crippen LogP contribution in [-0.4, -0.2) is 13.1 Å². The third kappa shape index (κ3) is 3.06. The van der Waals surface area contributed by atoms with Crippen LogP contribution >= 0.6 is 0 Å². The molecule has 2 N–H and O–H groups in total. The Labute approximate surface area is 90.1 Å². The van der Waals surface area contributed by atoms with Gasteiger partial charge in [-0.25, -0.2) is 0 Å². The minimum absolute atomic E-state index is 0.596. The summed E-state index contributed by atoms with van der Waals surface area (Å²) in [6, 6.07) is 5.95. The molecule has 1 rings (SSSR count). The smallest absolute Gasteiger partial charge is 0.0801 e. The summed E-state index contributed by atoms with van der Waals surface area (Å²) >= 11 is 0. The Balaban J connectivity index is 3.03. The summed E-state index contributed by atoms with van der Waals surface area (Å²) < 4.78 is 0. The zero-order valence-corrected chi connectivity index (χ0v) is 8.85. The highest BCUT2D eigenvalue weighted by Gasteiger charge is 1.98. The molecule has 3 nitrogen and oxygen atoms in total. The maximum atomic E-state index is 5.19. The minimum atomic E-state index is 0.596. The molecule has 3 heteroatoms. The van der Waals surface area contributed by atoms with Gasteiger partial charge in [-0.1, -0.05) is 18.2 Å². The van der Waals surface area contributed by atoms with Gasteiger partial charge in [0.25, 0.3) is 0 Å². The van der Waals surface area contributed by atoms with Crippen molar-refractivity contribution >= 4 is 24.8 Å². The van der Waals surface area contributed by atoms with Crippen molar-refractivity contribution in [2.24, 2.45) is 15.7 Å². The van der Waals surface area contributed by atoms with Gasteiger partial charge in [-0.05, 0) is 31.3 Å². The maximum absolute atomic E-state index is 5.19. The van der Waals surface area contributed by atoms with E-state index in [-0.39, 0.29) is 0 Å². The van der Waals surface area contributed by atoms with Crippen molar-refractivity contribution in [3.63, 3.8) is 0 Å². The van der Waals surface area contributed by atoms with E-state index < -0.39 is 0 Å². The van der Waals surface area contributed by atoms with Gasteiger partial charge in [-0.3, -0.25) is 9.98 Å². The second-order valence-corrected chi connectivity index (χ2v) is 3.04. The van der Waals surface area contributed by atoms with Gasteiger partial charge < -0.3 is 5.73 Å². The summed E-state index contributed by atoms with van der Waals surface area (Å²) in [7, 11) is 0. The first kappa shape index (κ1) is 11.2. The lowest BCUT2D eigenvalue weighted by atomic mass is 10.1. The summed E-state index contributed by atoms with van der Waals surface area (Å²) in [6.45, 7) is 6.10. The van der Waals surface area contributed by atoms with Crippen LogP contribution in [0.4, 0.5) is 5.69 Å². The van der Waals surface area contributed by atoms with Gasteiger partial charge in [0, 0.05) is 5.56 Å². The Morgan fingerprint density at radius 1 is 1.47 bits per heavy atom. The Kier molecular flexibility index (Phi) is 4.29. The first-order valence-corrected chi connectivity index (χ1v) is 4.74. The summed E-state index contributed by atoms with van der Waals surface area (Å²) in [6.07, 6.45) is 5.29. The fourth-order valence-corrected chi connectivity index (χ4v) is 1.32. The van der Waals surface area contributed by atoms with E-state index in [1.165, 1.54) is 6.34 Å². The van der Waals surface area contributed by atoms with Crippen molar-refractivity contribution in [1.82, 2.24) is 0 Å². The number of allylic oxidation sites excluding steroid dienone is 1. The number of aliphatic imine (C=N–C) groups is 2. The standard InChI is InChI=1S/C12H15N3/c1-3-4-11-7-10(8-15-9-13)5-6-12(11)14-2/h3-7,9H,2,8H2,1H3,(H2,13,15)/b4-3-. The summed E-state index contributed by atoms with van der Waals surface area (Å²) in [4.78, 5) is 7.93. The Morgan fingerprint density at radius 3 is 2.87 bits per heavy atom. The Morgan fingerprint density at radius 2 is 2.27 bits per heavy atom. The number of rotatable bonds is 4. The average Bonchev–Trinajstić information content (AvgIpc) is 2.27. The van der Waals surface area contributed by atoms with E-state index in [0.29, 0.717) is 6.54 Å². The summed E-state index contributed by atoms with van der Waals surface area (Å²) in [5.74, 6) is 0. The molecule has 0 saturated heterocycles. The molecule has 0 aromatic heterocycles. The number of hydrogen-bond donors (Lipinski definition) is 1. The third-order valence-electron chi connectivity index (χ3n) is 1.99. The van der Waals surface area contributed by atoms with Gasteiger partial charge in [0.1, 0.15) is 0 Å². The summed E-state index contributed by atoms with van der Waals surface area (Å²) in [5, 5.41) is 0. The molecule has 0 radical (unpaired) electrons. The molecule has 1 aromatic carbocycles. The highest BCUT2D eigenvalue weighted by molar-refractivity contribution is 5.66. The van der Waals surface area contributed by atoms with Crippen LogP contribution in [0, 0.1) is 0 Å². The van der Waals surface area contributed by atoms with Gasteiger partial charge in [-0.2, -0.15) is 0 Å². The minimum Gasteiger partial charge on any atom is -0.390 e. The number of nitrogens with zero attached hydrogens (tertiary/aromatic N) is 2. The van der Waals surface area contributed by atoms with Crippen molar-refractivity contribution in [3.8, 4) is 0 Å². The molecule has 0 aliphatic heterocycles. The van der Waals surface area contributed by atoms with Gasteiger partial charge in [0.2, 0.25) is 0 Å². The van der Waals surface area contributed by atoms with E-state index in [0.717, 1.165) is 16.8 Å². The van der Waals surface area contributed by atoms with Crippen molar-refractivity contribution < 1.29 is 0 Å². The molecule has 0 aliphatic rings. The predicted octanol–water partition coefficient (Wildman–Crippen LogP) is 2.54. The number of nitrogens with two attached hydrogens (primary N) is 1. The first-order valence-electron chi connectivity index (χ1n) is 4.74. The van der Waals surface area contributed by atoms with Gasteiger partial charge in [0.05, 0.1) is 18.6 Å². The van der Waals surface area contributed by atoms with E-state index in [1.807, 2.05) is 37.3 Å². The summed E-state index contributed by atoms with van der Waals surface area (Å²) in [5.41, 5.74) is 8.24. The molecule has 78 valence electrons. The molecule has 0 heterocycles. The van der Waals surface area contributed by atoms with Crippen LogP contribution in [0.15, 0.2) is 34.3 Å². The van der Waals surface area contributed by atoms with Crippen LogP contribution in [0.3, 0.4) is 0 Å². The van der Waals surface area contributed by atoms with Crippen molar-refractivity contribution in [2.75, 3.05) is 0 Å². The van der Waals surface area contributed by atoms with E-state index in [4.69, 9.17) is 5.73 Å². The predicted molar refractivity (Wildman–Crippen MR) is 66.7 cm³/mol. The topological polar surface area (TPSA) is 50.7 Å². The lowest BCUT2D eigenvalue weighted by Crippen LogP contribution is -1.90. The van der Waals surface area contributed by atoms with Crippen LogP contribution in [0.25, 0.3) is 6.08 Å². The van der Waals surface area contributed by atoms with E-state index >= 15 is 0 Å². The van der Waals surface area contributed by atoms with Crippen LogP contribution in [0.5, 0.6) is 0 Å². The largest absolute Gasteiger partial charge is 0.390 e. The molecule has 15 heavy (non-hydrogen) atoms. The lowest BCUT2D eigenvalue weighted by molar-refractivity contribution is 1.07. The zero-order valence-electron chi connectivity index (χ0n) is 8.85. The van der Waals surface area contributed by atoms with Crippen LogP contribution in [0.2, 0.25) is 0 Å². The lowest BCUT2D eigenvalue weighted by Gasteiger charge is -2.03. The van der Waals surface area contributed by atoms with Gasteiger partial charge >= 0.3 is 0 Å². The third-order valence-corrected chi connectivity index (χ3v) is 1.99. The zero-order chi connectivity index (χ0) is 11.1. The van der Waals surface area contributed by atoms with Crippen molar-refractivity contribution in [2.45, 2.75) is 13.5 Å².